The minimum atomic E-state index is -4.83. The van der Waals surface area contributed by atoms with Crippen molar-refractivity contribution in [1.29, 1.82) is 5.26 Å². The number of likely N-dealkylation sites (N-methyl/N-ethyl adjacent to an activating group) is 1. The van der Waals surface area contributed by atoms with Crippen LogP contribution in [0.4, 0.5) is 37.8 Å². The fourth-order valence-electron chi connectivity index (χ4n) is 7.16. The molecular weight excluding hydrogens is 628 g/mol. The van der Waals surface area contributed by atoms with Gasteiger partial charge in [-0.25, -0.2) is 13.2 Å². The Morgan fingerprint density at radius 2 is 1.94 bits per heavy atom. The quantitative estimate of drug-likeness (QED) is 0.253. The molecule has 2 fully saturated rings. The second-order valence-electron chi connectivity index (χ2n) is 12.7. The Kier molecular flexibility index (Phi) is 9.64. The van der Waals surface area contributed by atoms with Gasteiger partial charge in [0.05, 0.1) is 35.5 Å². The molecule has 0 spiro atoms. The molecule has 254 valence electrons. The second kappa shape index (κ2) is 13.2. The van der Waals surface area contributed by atoms with Crippen LogP contribution >= 0.6 is 0 Å². The molecule has 3 heterocycles. The minimum Gasteiger partial charge on any atom is -0.462 e. The fraction of sp³-hybridized carbons (Fsp3) is 0.562. The van der Waals surface area contributed by atoms with Gasteiger partial charge in [-0.05, 0) is 56.7 Å². The Labute approximate surface area is 269 Å². The van der Waals surface area contributed by atoms with E-state index in [1.807, 2.05) is 15.9 Å². The number of nitriles is 1. The van der Waals surface area contributed by atoms with Crippen LogP contribution in [-0.2, 0) is 23.8 Å². The molecule has 2 aromatic rings. The average Bonchev–Trinajstić information content (AvgIpc) is 3.32. The van der Waals surface area contributed by atoms with Crippen LogP contribution in [0.25, 0.3) is 0 Å². The van der Waals surface area contributed by atoms with Gasteiger partial charge in [0.15, 0.2) is 5.83 Å². The molecule has 5 rings (SSSR count). The number of halogens is 6. The van der Waals surface area contributed by atoms with Crippen LogP contribution in [-0.4, -0.2) is 83.8 Å². The predicted octanol–water partition coefficient (Wildman–Crippen LogP) is 4.88. The smallest absolute Gasteiger partial charge is 0.417 e. The standard InChI is InChI=1S/C32H37F6N7O2/c1-16-9-23-25(12-22(16)26-27(32(36,37)38)17(2)10-24(40)28(26)35)41-31(47-15-21-11-19(34)13-43(21)4)42-29(23)44-7-8-45(30(46)18(3)33)20(14-44)5-6-39/h10,16,19-22H,3,5,7-9,11-15,40H2,1-2,4H3/t16-,19+,20-,21-,22-/m0/s1. The molecule has 9 nitrogen and oxygen atoms in total. The van der Waals surface area contributed by atoms with Crippen molar-refractivity contribution in [1.82, 2.24) is 19.8 Å². The molecule has 0 saturated carbocycles. The molecule has 1 aromatic heterocycles. The maximum atomic E-state index is 15.6. The van der Waals surface area contributed by atoms with Gasteiger partial charge in [0.2, 0.25) is 0 Å². The van der Waals surface area contributed by atoms with Crippen LogP contribution in [0, 0.1) is 30.0 Å². The molecule has 2 N–H and O–H groups in total. The van der Waals surface area contributed by atoms with Gasteiger partial charge in [-0.3, -0.25) is 9.69 Å². The van der Waals surface area contributed by atoms with Gasteiger partial charge in [-0.2, -0.15) is 28.4 Å². The lowest BCUT2D eigenvalue weighted by atomic mass is 9.73. The van der Waals surface area contributed by atoms with E-state index >= 15 is 4.39 Å². The van der Waals surface area contributed by atoms with Crippen LogP contribution in [0.15, 0.2) is 18.5 Å². The number of aromatic nitrogens is 2. The maximum absolute atomic E-state index is 15.6. The summed E-state index contributed by atoms with van der Waals surface area (Å²) in [5.41, 5.74) is 4.67. The number of likely N-dealkylation sites (tertiary alicyclic amines) is 1. The van der Waals surface area contributed by atoms with Crippen molar-refractivity contribution in [3.63, 3.8) is 0 Å². The van der Waals surface area contributed by atoms with E-state index in [9.17, 15) is 32.0 Å². The first-order chi connectivity index (χ1) is 22.1. The number of ether oxygens (including phenoxy) is 1. The van der Waals surface area contributed by atoms with Crippen LogP contribution in [0.3, 0.4) is 0 Å². The zero-order valence-corrected chi connectivity index (χ0v) is 26.4. The number of carbonyl (C=O) groups excluding carboxylic acids is 1. The Bertz CT molecular complexity index is 1600. The third-order valence-corrected chi connectivity index (χ3v) is 9.50. The number of alkyl halides is 4. The number of aryl methyl sites for hydroxylation is 1. The number of nitrogen functional groups attached to an aromatic ring is 1. The van der Waals surface area contributed by atoms with E-state index < -0.39 is 58.9 Å². The number of hydrogen-bond acceptors (Lipinski definition) is 8. The Balaban J connectivity index is 1.56. The molecule has 1 amide bonds. The SMILES string of the molecule is C=C(F)C(=O)N1CCN(c2nc(OC[C@@H]3C[C@@H](F)CN3C)nc3c2C[C@H](C)[C@@H](c2c(F)c(N)cc(C)c2C(F)(F)F)C3)C[C@@H]1CC#N. The maximum Gasteiger partial charge on any atom is 0.417 e. The van der Waals surface area contributed by atoms with E-state index in [2.05, 4.69) is 16.5 Å². The lowest BCUT2D eigenvalue weighted by Gasteiger charge is -2.42. The van der Waals surface area contributed by atoms with Gasteiger partial charge in [0.1, 0.15) is 24.4 Å². The van der Waals surface area contributed by atoms with Gasteiger partial charge < -0.3 is 20.3 Å². The number of carbonyl (C=O) groups is 1. The molecule has 2 saturated heterocycles. The van der Waals surface area contributed by atoms with E-state index in [-0.39, 0.29) is 81.8 Å². The van der Waals surface area contributed by atoms with E-state index in [0.29, 0.717) is 17.1 Å². The van der Waals surface area contributed by atoms with Crippen LogP contribution in [0.2, 0.25) is 0 Å². The lowest BCUT2D eigenvalue weighted by molar-refractivity contribution is -0.139. The molecule has 0 bridgehead atoms. The summed E-state index contributed by atoms with van der Waals surface area (Å²) in [6, 6.07) is 1.96. The molecule has 47 heavy (non-hydrogen) atoms. The molecule has 1 aromatic carbocycles. The average molecular weight is 666 g/mol. The van der Waals surface area contributed by atoms with E-state index in [1.165, 1.54) is 11.8 Å². The molecule has 5 atom stereocenters. The first kappa shape index (κ1) is 34.3. The van der Waals surface area contributed by atoms with Crippen molar-refractivity contribution < 1.29 is 35.9 Å². The van der Waals surface area contributed by atoms with E-state index in [4.69, 9.17) is 10.5 Å². The summed E-state index contributed by atoms with van der Waals surface area (Å²) in [5.74, 6) is -4.23. The van der Waals surface area contributed by atoms with Crippen LogP contribution < -0.4 is 15.4 Å². The number of piperazine rings is 1. The summed E-state index contributed by atoms with van der Waals surface area (Å²) in [6.07, 6.45) is -5.61. The van der Waals surface area contributed by atoms with Crippen molar-refractivity contribution in [3.05, 3.63) is 52.2 Å². The molecule has 1 aliphatic carbocycles. The number of fused-ring (bicyclic) bond motifs is 1. The zero-order chi connectivity index (χ0) is 34.4. The summed E-state index contributed by atoms with van der Waals surface area (Å²) in [7, 11) is 1.77. The van der Waals surface area contributed by atoms with Crippen molar-refractivity contribution in [2.24, 2.45) is 5.92 Å². The van der Waals surface area contributed by atoms with Gasteiger partial charge in [0.25, 0.3) is 5.91 Å². The number of rotatable bonds is 7. The highest BCUT2D eigenvalue weighted by molar-refractivity contribution is 5.91. The highest BCUT2D eigenvalue weighted by Gasteiger charge is 2.43. The van der Waals surface area contributed by atoms with Crippen molar-refractivity contribution in [2.45, 2.75) is 69.9 Å². The number of nitrogens with zero attached hydrogens (tertiary/aromatic N) is 6. The van der Waals surface area contributed by atoms with Crippen LogP contribution in [0.1, 0.15) is 53.6 Å². The van der Waals surface area contributed by atoms with Gasteiger partial charge in [0, 0.05) is 43.3 Å². The Hall–Kier alpha value is -4.06. The van der Waals surface area contributed by atoms with Gasteiger partial charge in [-0.15, -0.1) is 0 Å². The minimum absolute atomic E-state index is 0.0498. The summed E-state index contributed by atoms with van der Waals surface area (Å²) in [5, 5.41) is 9.46. The van der Waals surface area contributed by atoms with Gasteiger partial charge >= 0.3 is 12.2 Å². The first-order valence-electron chi connectivity index (χ1n) is 15.4. The molecular formula is C32H37F6N7O2. The van der Waals surface area contributed by atoms with Gasteiger partial charge in [-0.1, -0.05) is 13.5 Å². The molecule has 0 radical (unpaired) electrons. The molecule has 0 unspecified atom stereocenters. The summed E-state index contributed by atoms with van der Waals surface area (Å²) in [4.78, 5) is 26.6. The molecule has 3 aliphatic rings. The summed E-state index contributed by atoms with van der Waals surface area (Å²) in [6.45, 7) is 6.70. The van der Waals surface area contributed by atoms with E-state index in [1.54, 1.807) is 14.0 Å². The summed E-state index contributed by atoms with van der Waals surface area (Å²) < 4.78 is 92.4. The zero-order valence-electron chi connectivity index (χ0n) is 26.4. The Morgan fingerprint density at radius 3 is 2.55 bits per heavy atom. The number of nitrogens with two attached hydrogens (primary N) is 1. The third-order valence-electron chi connectivity index (χ3n) is 9.50. The third kappa shape index (κ3) is 6.83. The fourth-order valence-corrected chi connectivity index (χ4v) is 7.16. The highest BCUT2D eigenvalue weighted by atomic mass is 19.4. The number of benzene rings is 1. The van der Waals surface area contributed by atoms with Crippen LogP contribution in [0.5, 0.6) is 6.01 Å². The van der Waals surface area contributed by atoms with Crippen molar-refractivity contribution >= 4 is 17.4 Å². The van der Waals surface area contributed by atoms with E-state index in [0.717, 1.165) is 6.07 Å². The molecule has 15 heteroatoms. The number of hydrogen-bond donors (Lipinski definition) is 1. The summed E-state index contributed by atoms with van der Waals surface area (Å²) >= 11 is 0. The lowest BCUT2D eigenvalue weighted by Crippen LogP contribution is -2.55. The van der Waals surface area contributed by atoms with Crippen molar-refractivity contribution in [2.75, 3.05) is 50.5 Å². The normalized spacial score (nSPS) is 25.0. The highest BCUT2D eigenvalue weighted by Crippen LogP contribution is 2.47. The monoisotopic (exact) mass is 665 g/mol. The number of amides is 1. The molecule has 2 aliphatic heterocycles. The van der Waals surface area contributed by atoms with Crippen molar-refractivity contribution in [3.8, 4) is 12.1 Å². The largest absolute Gasteiger partial charge is 0.462 e. The number of anilines is 2. The first-order valence-corrected chi connectivity index (χ1v) is 15.4. The topological polar surface area (TPSA) is 112 Å². The second-order valence-corrected chi connectivity index (χ2v) is 12.7. The Morgan fingerprint density at radius 1 is 1.21 bits per heavy atom. The predicted molar refractivity (Wildman–Crippen MR) is 162 cm³/mol.